The molecule has 2 aromatic carbocycles. The molecule has 0 amide bonds. The van der Waals surface area contributed by atoms with Crippen molar-refractivity contribution in [3.63, 3.8) is 0 Å². The van der Waals surface area contributed by atoms with E-state index in [9.17, 15) is 5.26 Å². The van der Waals surface area contributed by atoms with Gasteiger partial charge in [0.15, 0.2) is 0 Å². The predicted octanol–water partition coefficient (Wildman–Crippen LogP) is 4.25. The van der Waals surface area contributed by atoms with E-state index in [1.807, 2.05) is 50.0 Å². The van der Waals surface area contributed by atoms with Gasteiger partial charge in [0.2, 0.25) is 0 Å². The van der Waals surface area contributed by atoms with Gasteiger partial charge in [0, 0.05) is 18.4 Å². The summed E-state index contributed by atoms with van der Waals surface area (Å²) in [4.78, 5) is 0. The fourth-order valence-electron chi connectivity index (χ4n) is 3.10. The first kappa shape index (κ1) is 14.3. The van der Waals surface area contributed by atoms with Crippen molar-refractivity contribution in [1.29, 1.82) is 5.26 Å². The molecule has 0 saturated carbocycles. The summed E-state index contributed by atoms with van der Waals surface area (Å²) in [7, 11) is 1.94. The summed E-state index contributed by atoms with van der Waals surface area (Å²) in [6, 6.07) is 19.1. The SMILES string of the molecule is Cn1ncc2cc(C(c3ccccc3)C(C)(C)C#N)ccc21. The van der Waals surface area contributed by atoms with Gasteiger partial charge >= 0.3 is 0 Å². The Morgan fingerprint density at radius 1 is 1.09 bits per heavy atom. The molecule has 0 fully saturated rings. The standard InChI is InChI=1S/C19H19N3/c1-19(2,13-20)18(14-7-5-4-6-8-14)15-9-10-17-16(11-15)12-21-22(17)3/h4-12,18H,1-3H3. The number of nitrogens with zero attached hydrogens (tertiary/aromatic N) is 3. The Balaban J connectivity index is 2.18. The molecule has 3 heteroatoms. The molecule has 0 N–H and O–H groups in total. The molecule has 0 saturated heterocycles. The highest BCUT2D eigenvalue weighted by molar-refractivity contribution is 5.79. The Labute approximate surface area is 130 Å². The van der Waals surface area contributed by atoms with E-state index in [0.29, 0.717) is 0 Å². The molecule has 3 rings (SSSR count). The van der Waals surface area contributed by atoms with Gasteiger partial charge in [0.25, 0.3) is 0 Å². The van der Waals surface area contributed by atoms with Crippen molar-refractivity contribution in [3.8, 4) is 6.07 Å². The van der Waals surface area contributed by atoms with Crippen LogP contribution in [0.2, 0.25) is 0 Å². The molecule has 1 aromatic heterocycles. The van der Waals surface area contributed by atoms with Crippen molar-refractivity contribution >= 4 is 10.9 Å². The molecular weight excluding hydrogens is 270 g/mol. The van der Waals surface area contributed by atoms with Gasteiger partial charge in [0.05, 0.1) is 23.2 Å². The minimum atomic E-state index is -0.489. The van der Waals surface area contributed by atoms with Crippen LogP contribution in [0, 0.1) is 16.7 Å². The maximum atomic E-state index is 9.64. The minimum Gasteiger partial charge on any atom is -0.268 e. The van der Waals surface area contributed by atoms with Crippen LogP contribution in [-0.2, 0) is 7.05 Å². The maximum absolute atomic E-state index is 9.64. The molecule has 1 heterocycles. The number of hydrogen-bond donors (Lipinski definition) is 0. The van der Waals surface area contributed by atoms with Gasteiger partial charge in [-0.05, 0) is 37.1 Å². The van der Waals surface area contributed by atoms with Crippen LogP contribution in [0.3, 0.4) is 0 Å². The van der Waals surface area contributed by atoms with Crippen molar-refractivity contribution in [2.45, 2.75) is 19.8 Å². The minimum absolute atomic E-state index is 0.0308. The van der Waals surface area contributed by atoms with E-state index in [-0.39, 0.29) is 5.92 Å². The summed E-state index contributed by atoms with van der Waals surface area (Å²) in [5.41, 5.74) is 2.93. The molecule has 0 aliphatic heterocycles. The van der Waals surface area contributed by atoms with Crippen LogP contribution in [0.1, 0.15) is 30.9 Å². The van der Waals surface area contributed by atoms with Crippen molar-refractivity contribution in [3.05, 3.63) is 65.9 Å². The molecule has 3 aromatic rings. The Morgan fingerprint density at radius 3 is 2.50 bits per heavy atom. The average Bonchev–Trinajstić information content (AvgIpc) is 2.89. The molecule has 110 valence electrons. The Morgan fingerprint density at radius 2 is 1.82 bits per heavy atom. The lowest BCUT2D eigenvalue weighted by Gasteiger charge is -2.29. The highest BCUT2D eigenvalue weighted by Gasteiger charge is 2.32. The Bertz CT molecular complexity index is 838. The predicted molar refractivity (Wildman–Crippen MR) is 88.4 cm³/mol. The zero-order chi connectivity index (χ0) is 15.7. The van der Waals surface area contributed by atoms with Crippen LogP contribution >= 0.6 is 0 Å². The van der Waals surface area contributed by atoms with Crippen LogP contribution in [0.5, 0.6) is 0 Å². The fraction of sp³-hybridized carbons (Fsp3) is 0.263. The van der Waals surface area contributed by atoms with Crippen LogP contribution < -0.4 is 0 Å². The molecule has 1 unspecified atom stereocenters. The summed E-state index contributed by atoms with van der Waals surface area (Å²) >= 11 is 0. The number of aromatic nitrogens is 2. The first-order valence-corrected chi connectivity index (χ1v) is 7.41. The molecule has 0 bridgehead atoms. The van der Waals surface area contributed by atoms with Crippen molar-refractivity contribution in [1.82, 2.24) is 9.78 Å². The highest BCUT2D eigenvalue weighted by atomic mass is 15.2. The van der Waals surface area contributed by atoms with E-state index < -0.39 is 5.41 Å². The summed E-state index contributed by atoms with van der Waals surface area (Å²) in [5.74, 6) is 0.0308. The average molecular weight is 289 g/mol. The lowest BCUT2D eigenvalue weighted by atomic mass is 9.72. The van der Waals surface area contributed by atoms with Gasteiger partial charge < -0.3 is 0 Å². The highest BCUT2D eigenvalue weighted by Crippen LogP contribution is 2.41. The summed E-state index contributed by atoms with van der Waals surface area (Å²) in [5, 5.41) is 15.0. The van der Waals surface area contributed by atoms with Gasteiger partial charge in [0.1, 0.15) is 0 Å². The first-order chi connectivity index (χ1) is 10.5. The number of nitriles is 1. The number of benzene rings is 2. The van der Waals surface area contributed by atoms with Crippen LogP contribution in [0.4, 0.5) is 0 Å². The summed E-state index contributed by atoms with van der Waals surface area (Å²) in [6.45, 7) is 4.00. The second kappa shape index (κ2) is 5.31. The molecule has 0 spiro atoms. The van der Waals surface area contributed by atoms with E-state index in [0.717, 1.165) is 22.0 Å². The van der Waals surface area contributed by atoms with Crippen molar-refractivity contribution in [2.24, 2.45) is 12.5 Å². The second-order valence-corrected chi connectivity index (χ2v) is 6.26. The van der Waals surface area contributed by atoms with Gasteiger partial charge in [-0.3, -0.25) is 4.68 Å². The largest absolute Gasteiger partial charge is 0.268 e. The zero-order valence-corrected chi connectivity index (χ0v) is 13.1. The van der Waals surface area contributed by atoms with E-state index in [1.165, 1.54) is 0 Å². The first-order valence-electron chi connectivity index (χ1n) is 7.41. The molecule has 0 aliphatic rings. The van der Waals surface area contributed by atoms with Crippen LogP contribution in [-0.4, -0.2) is 9.78 Å². The Hall–Kier alpha value is -2.60. The van der Waals surface area contributed by atoms with E-state index in [4.69, 9.17) is 0 Å². The van der Waals surface area contributed by atoms with Gasteiger partial charge in [-0.15, -0.1) is 0 Å². The Kier molecular flexibility index (Phi) is 3.46. The third-order valence-electron chi connectivity index (χ3n) is 4.25. The lowest BCUT2D eigenvalue weighted by Crippen LogP contribution is -2.21. The smallest absolute Gasteiger partial charge is 0.0693 e. The van der Waals surface area contributed by atoms with Gasteiger partial charge in [-0.1, -0.05) is 36.4 Å². The van der Waals surface area contributed by atoms with E-state index >= 15 is 0 Å². The molecule has 1 atom stereocenters. The summed E-state index contributed by atoms with van der Waals surface area (Å²) in [6.07, 6.45) is 1.88. The van der Waals surface area contributed by atoms with Gasteiger partial charge in [-0.2, -0.15) is 10.4 Å². The summed E-state index contributed by atoms with van der Waals surface area (Å²) < 4.78 is 1.87. The molecule has 0 radical (unpaired) electrons. The molecule has 22 heavy (non-hydrogen) atoms. The zero-order valence-electron chi connectivity index (χ0n) is 13.1. The molecular formula is C19H19N3. The quantitative estimate of drug-likeness (QED) is 0.723. The molecule has 3 nitrogen and oxygen atoms in total. The van der Waals surface area contributed by atoms with Crippen molar-refractivity contribution < 1.29 is 0 Å². The monoisotopic (exact) mass is 289 g/mol. The fourth-order valence-corrected chi connectivity index (χ4v) is 3.10. The maximum Gasteiger partial charge on any atom is 0.0693 e. The van der Waals surface area contributed by atoms with E-state index in [1.54, 1.807) is 0 Å². The normalized spacial score (nSPS) is 13.0. The third-order valence-corrected chi connectivity index (χ3v) is 4.25. The van der Waals surface area contributed by atoms with Crippen molar-refractivity contribution in [2.75, 3.05) is 0 Å². The van der Waals surface area contributed by atoms with E-state index in [2.05, 4.69) is 41.5 Å². The number of rotatable bonds is 3. The number of hydrogen-bond acceptors (Lipinski definition) is 2. The van der Waals surface area contributed by atoms with Crippen LogP contribution in [0.25, 0.3) is 10.9 Å². The lowest BCUT2D eigenvalue weighted by molar-refractivity contribution is 0.431. The van der Waals surface area contributed by atoms with Crippen LogP contribution in [0.15, 0.2) is 54.7 Å². The number of fused-ring (bicyclic) bond motifs is 1. The molecule has 0 aliphatic carbocycles. The third kappa shape index (κ3) is 2.37. The number of aryl methyl sites for hydroxylation is 1. The van der Waals surface area contributed by atoms with Gasteiger partial charge in [-0.25, -0.2) is 0 Å². The topological polar surface area (TPSA) is 41.6 Å². The second-order valence-electron chi connectivity index (χ2n) is 6.26.